The molecule has 0 saturated heterocycles. The number of nitrogens with zero attached hydrogens (tertiary/aromatic N) is 1. The lowest BCUT2D eigenvalue weighted by Crippen LogP contribution is -2.26. The number of nitrogens with one attached hydrogen (secondary N) is 1. The number of amides is 1. The molecule has 3 rings (SSSR count). The lowest BCUT2D eigenvalue weighted by molar-refractivity contribution is 0.0948. The molecule has 0 saturated carbocycles. The zero-order valence-corrected chi connectivity index (χ0v) is 14.0. The molecule has 0 spiro atoms. The molecular formula is C19H17ClN2O2. The summed E-state index contributed by atoms with van der Waals surface area (Å²) in [6, 6.07) is 17.2. The van der Waals surface area contributed by atoms with Gasteiger partial charge in [0.1, 0.15) is 5.76 Å². The van der Waals surface area contributed by atoms with E-state index in [0.717, 1.165) is 6.42 Å². The standard InChI is InChI=1S/C19H17ClN2O2/c1-13-17(18(23)21-12-11-14-7-3-2-4-8-14)22-19(24-13)15-9-5-6-10-16(15)20/h2-10H,11-12H2,1H3,(H,21,23). The fourth-order valence-corrected chi connectivity index (χ4v) is 2.62. The van der Waals surface area contributed by atoms with E-state index in [1.807, 2.05) is 48.5 Å². The number of benzene rings is 2. The van der Waals surface area contributed by atoms with Gasteiger partial charge < -0.3 is 9.73 Å². The Kier molecular flexibility index (Phi) is 4.96. The van der Waals surface area contributed by atoms with Crippen molar-refractivity contribution in [2.24, 2.45) is 0 Å². The van der Waals surface area contributed by atoms with Crippen molar-refractivity contribution in [3.05, 3.63) is 76.6 Å². The number of oxazole rings is 1. The van der Waals surface area contributed by atoms with E-state index < -0.39 is 0 Å². The quantitative estimate of drug-likeness (QED) is 0.754. The van der Waals surface area contributed by atoms with Crippen LogP contribution in [0.2, 0.25) is 5.02 Å². The van der Waals surface area contributed by atoms with Crippen molar-refractivity contribution in [2.75, 3.05) is 6.54 Å². The summed E-state index contributed by atoms with van der Waals surface area (Å²) in [6.45, 7) is 2.26. The third-order valence-corrected chi connectivity index (χ3v) is 3.99. The van der Waals surface area contributed by atoms with Gasteiger partial charge in [-0.25, -0.2) is 4.98 Å². The van der Waals surface area contributed by atoms with Crippen molar-refractivity contribution in [3.63, 3.8) is 0 Å². The van der Waals surface area contributed by atoms with Crippen LogP contribution in [0.5, 0.6) is 0 Å². The molecule has 0 aliphatic carbocycles. The van der Waals surface area contributed by atoms with E-state index in [4.69, 9.17) is 16.0 Å². The van der Waals surface area contributed by atoms with E-state index in [9.17, 15) is 4.79 Å². The molecule has 0 atom stereocenters. The van der Waals surface area contributed by atoms with E-state index in [2.05, 4.69) is 10.3 Å². The Morgan fingerprint density at radius 2 is 1.83 bits per heavy atom. The van der Waals surface area contributed by atoms with Crippen LogP contribution in [-0.4, -0.2) is 17.4 Å². The molecule has 0 radical (unpaired) electrons. The molecule has 1 heterocycles. The van der Waals surface area contributed by atoms with Gasteiger partial charge in [-0.15, -0.1) is 0 Å². The third-order valence-electron chi connectivity index (χ3n) is 3.66. The topological polar surface area (TPSA) is 55.1 Å². The predicted molar refractivity (Wildman–Crippen MR) is 94.2 cm³/mol. The normalized spacial score (nSPS) is 10.6. The zero-order valence-electron chi connectivity index (χ0n) is 13.3. The maximum atomic E-state index is 12.3. The number of aromatic nitrogens is 1. The highest BCUT2D eigenvalue weighted by molar-refractivity contribution is 6.33. The first-order chi connectivity index (χ1) is 11.6. The fraction of sp³-hybridized carbons (Fsp3) is 0.158. The van der Waals surface area contributed by atoms with Crippen molar-refractivity contribution in [1.29, 1.82) is 0 Å². The van der Waals surface area contributed by atoms with Gasteiger partial charge in [-0.1, -0.05) is 54.1 Å². The molecule has 0 fully saturated rings. The highest BCUT2D eigenvalue weighted by Crippen LogP contribution is 2.28. The smallest absolute Gasteiger partial charge is 0.273 e. The minimum atomic E-state index is -0.245. The van der Waals surface area contributed by atoms with Gasteiger partial charge in [0.25, 0.3) is 5.91 Å². The molecule has 4 nitrogen and oxygen atoms in total. The largest absolute Gasteiger partial charge is 0.441 e. The Labute approximate surface area is 145 Å². The van der Waals surface area contributed by atoms with Crippen LogP contribution in [0.15, 0.2) is 59.0 Å². The molecule has 3 aromatic rings. The van der Waals surface area contributed by atoms with Crippen LogP contribution in [0.1, 0.15) is 21.8 Å². The van der Waals surface area contributed by atoms with E-state index in [1.54, 1.807) is 13.0 Å². The van der Waals surface area contributed by atoms with Crippen molar-refractivity contribution in [2.45, 2.75) is 13.3 Å². The second-order valence-electron chi connectivity index (χ2n) is 5.40. The minimum Gasteiger partial charge on any atom is -0.441 e. The van der Waals surface area contributed by atoms with Crippen molar-refractivity contribution >= 4 is 17.5 Å². The number of rotatable bonds is 5. The van der Waals surface area contributed by atoms with Crippen LogP contribution in [0, 0.1) is 6.92 Å². The summed E-state index contributed by atoms with van der Waals surface area (Å²) < 4.78 is 5.61. The summed E-state index contributed by atoms with van der Waals surface area (Å²) in [5, 5.41) is 3.41. The lowest BCUT2D eigenvalue weighted by Gasteiger charge is -2.03. The lowest BCUT2D eigenvalue weighted by atomic mass is 10.1. The zero-order chi connectivity index (χ0) is 16.9. The van der Waals surface area contributed by atoms with Crippen LogP contribution in [0.4, 0.5) is 0 Å². The highest BCUT2D eigenvalue weighted by atomic mass is 35.5. The number of hydrogen-bond donors (Lipinski definition) is 1. The van der Waals surface area contributed by atoms with Crippen LogP contribution < -0.4 is 5.32 Å². The van der Waals surface area contributed by atoms with Gasteiger partial charge in [-0.2, -0.15) is 0 Å². The molecule has 2 aromatic carbocycles. The van der Waals surface area contributed by atoms with E-state index in [-0.39, 0.29) is 11.6 Å². The van der Waals surface area contributed by atoms with Crippen molar-refractivity contribution in [3.8, 4) is 11.5 Å². The molecule has 0 unspecified atom stereocenters. The molecule has 1 aromatic heterocycles. The van der Waals surface area contributed by atoms with E-state index in [0.29, 0.717) is 28.8 Å². The van der Waals surface area contributed by atoms with Crippen molar-refractivity contribution in [1.82, 2.24) is 10.3 Å². The molecule has 1 N–H and O–H groups in total. The second kappa shape index (κ2) is 7.32. The number of aryl methyl sites for hydroxylation is 1. The van der Waals surface area contributed by atoms with Crippen LogP contribution in [-0.2, 0) is 6.42 Å². The first-order valence-electron chi connectivity index (χ1n) is 7.69. The Morgan fingerprint density at radius 1 is 1.12 bits per heavy atom. The average molecular weight is 341 g/mol. The fourth-order valence-electron chi connectivity index (χ4n) is 2.41. The van der Waals surface area contributed by atoms with Gasteiger partial charge in [-0.3, -0.25) is 4.79 Å². The van der Waals surface area contributed by atoms with Crippen molar-refractivity contribution < 1.29 is 9.21 Å². The summed E-state index contributed by atoms with van der Waals surface area (Å²) in [6.07, 6.45) is 0.765. The molecule has 5 heteroatoms. The Balaban J connectivity index is 1.68. The summed E-state index contributed by atoms with van der Waals surface area (Å²) in [7, 11) is 0. The van der Waals surface area contributed by atoms with Crippen LogP contribution in [0.25, 0.3) is 11.5 Å². The van der Waals surface area contributed by atoms with Crippen LogP contribution >= 0.6 is 11.6 Å². The molecule has 24 heavy (non-hydrogen) atoms. The Morgan fingerprint density at radius 3 is 2.58 bits per heavy atom. The number of halogens is 1. The summed E-state index contributed by atoms with van der Waals surface area (Å²) in [5.74, 6) is 0.582. The van der Waals surface area contributed by atoms with E-state index in [1.165, 1.54) is 5.56 Å². The number of carbonyl (C=O) groups excluding carboxylic acids is 1. The van der Waals surface area contributed by atoms with Gasteiger partial charge in [0.2, 0.25) is 5.89 Å². The Bertz CT molecular complexity index is 844. The molecule has 122 valence electrons. The molecule has 0 aliphatic rings. The molecule has 0 aliphatic heterocycles. The monoisotopic (exact) mass is 340 g/mol. The predicted octanol–water partition coefficient (Wildman–Crippen LogP) is 4.28. The first-order valence-corrected chi connectivity index (χ1v) is 8.07. The number of hydrogen-bond acceptors (Lipinski definition) is 3. The van der Waals surface area contributed by atoms with Gasteiger partial charge in [0, 0.05) is 6.54 Å². The SMILES string of the molecule is Cc1oc(-c2ccccc2Cl)nc1C(=O)NCCc1ccccc1. The maximum Gasteiger partial charge on any atom is 0.273 e. The molecule has 0 bridgehead atoms. The first kappa shape index (κ1) is 16.3. The summed E-state index contributed by atoms with van der Waals surface area (Å²) >= 11 is 6.15. The summed E-state index contributed by atoms with van der Waals surface area (Å²) in [5.41, 5.74) is 2.13. The molecule has 1 amide bonds. The van der Waals surface area contributed by atoms with Gasteiger partial charge in [-0.05, 0) is 31.0 Å². The highest BCUT2D eigenvalue weighted by Gasteiger charge is 2.18. The van der Waals surface area contributed by atoms with E-state index >= 15 is 0 Å². The minimum absolute atomic E-state index is 0.245. The van der Waals surface area contributed by atoms with Gasteiger partial charge >= 0.3 is 0 Å². The summed E-state index contributed by atoms with van der Waals surface area (Å²) in [4.78, 5) is 16.6. The van der Waals surface area contributed by atoms with Gasteiger partial charge in [0.05, 0.1) is 10.6 Å². The van der Waals surface area contributed by atoms with Gasteiger partial charge in [0.15, 0.2) is 5.69 Å². The maximum absolute atomic E-state index is 12.3. The number of carbonyl (C=O) groups is 1. The average Bonchev–Trinajstić information content (AvgIpc) is 2.98. The second-order valence-corrected chi connectivity index (χ2v) is 5.80. The third kappa shape index (κ3) is 3.66. The Hall–Kier alpha value is -2.59. The van der Waals surface area contributed by atoms with Crippen LogP contribution in [0.3, 0.4) is 0 Å². The molecular weight excluding hydrogens is 324 g/mol.